The van der Waals surface area contributed by atoms with Gasteiger partial charge in [0, 0.05) is 18.4 Å². The van der Waals surface area contributed by atoms with Crippen molar-refractivity contribution in [3.05, 3.63) is 53.6 Å². The van der Waals surface area contributed by atoms with Crippen LogP contribution in [-0.4, -0.2) is 22.4 Å². The molecule has 20 heavy (non-hydrogen) atoms. The van der Waals surface area contributed by atoms with Gasteiger partial charge in [0.05, 0.1) is 12.2 Å². The first-order valence-electron chi connectivity index (χ1n) is 6.49. The van der Waals surface area contributed by atoms with Crippen LogP contribution in [0.2, 0.25) is 0 Å². The highest BCUT2D eigenvalue weighted by atomic mass is 16.1. The summed E-state index contributed by atoms with van der Waals surface area (Å²) in [7, 11) is 0. The van der Waals surface area contributed by atoms with E-state index in [4.69, 9.17) is 0 Å². The molecule has 0 unspecified atom stereocenters. The summed E-state index contributed by atoms with van der Waals surface area (Å²) in [5.41, 5.74) is 2.85. The lowest BCUT2D eigenvalue weighted by molar-refractivity contribution is -0.115. The Balaban J connectivity index is 1.76. The van der Waals surface area contributed by atoms with Crippen molar-refractivity contribution in [3.63, 3.8) is 0 Å². The number of anilines is 1. The predicted molar refractivity (Wildman–Crippen MR) is 78.3 cm³/mol. The molecular weight excluding hydrogens is 252 g/mol. The molecule has 0 aliphatic heterocycles. The Hall–Kier alpha value is -2.27. The lowest BCUT2D eigenvalue weighted by Gasteiger charge is -2.07. The number of carbonyl (C=O) groups excluding carboxylic acids is 1. The number of benzene rings is 1. The molecule has 1 aromatic heterocycles. The van der Waals surface area contributed by atoms with Crippen molar-refractivity contribution in [1.29, 1.82) is 0 Å². The van der Waals surface area contributed by atoms with Gasteiger partial charge in [0.1, 0.15) is 5.82 Å². The fraction of sp³-hybridized carbons (Fsp3) is 0.267. The summed E-state index contributed by atoms with van der Waals surface area (Å²) in [5, 5.41) is 5.89. The minimum atomic E-state index is -0.0698. The molecule has 0 spiro atoms. The second-order valence-electron chi connectivity index (χ2n) is 4.61. The van der Waals surface area contributed by atoms with Crippen LogP contribution in [0.3, 0.4) is 0 Å². The number of aromatic nitrogens is 2. The van der Waals surface area contributed by atoms with E-state index in [2.05, 4.69) is 20.6 Å². The van der Waals surface area contributed by atoms with E-state index in [0.717, 1.165) is 17.2 Å². The minimum Gasteiger partial charge on any atom is -0.325 e. The zero-order valence-electron chi connectivity index (χ0n) is 11.7. The SMILES string of the molecule is Cc1ccc(NC(=O)CNCc2ccnc(C)n2)cc1. The van der Waals surface area contributed by atoms with Gasteiger partial charge in [-0.25, -0.2) is 9.97 Å². The van der Waals surface area contributed by atoms with Crippen molar-refractivity contribution in [2.45, 2.75) is 20.4 Å². The van der Waals surface area contributed by atoms with E-state index in [-0.39, 0.29) is 12.5 Å². The van der Waals surface area contributed by atoms with Gasteiger partial charge < -0.3 is 10.6 Å². The molecule has 0 aliphatic carbocycles. The molecule has 0 saturated heterocycles. The van der Waals surface area contributed by atoms with Crippen molar-refractivity contribution >= 4 is 11.6 Å². The second-order valence-corrected chi connectivity index (χ2v) is 4.61. The number of amides is 1. The van der Waals surface area contributed by atoms with Gasteiger partial charge in [-0.1, -0.05) is 17.7 Å². The standard InChI is InChI=1S/C15H18N4O/c1-11-3-5-13(6-4-11)19-15(20)10-16-9-14-7-8-17-12(2)18-14/h3-8,16H,9-10H2,1-2H3,(H,19,20). The number of hydrogen-bond donors (Lipinski definition) is 2. The molecule has 2 aromatic rings. The number of aryl methyl sites for hydroxylation is 2. The van der Waals surface area contributed by atoms with Crippen molar-refractivity contribution in [3.8, 4) is 0 Å². The maximum absolute atomic E-state index is 11.7. The Morgan fingerprint density at radius 2 is 1.90 bits per heavy atom. The molecule has 0 radical (unpaired) electrons. The van der Waals surface area contributed by atoms with Crippen LogP contribution in [0.5, 0.6) is 0 Å². The lowest BCUT2D eigenvalue weighted by atomic mass is 10.2. The zero-order chi connectivity index (χ0) is 14.4. The van der Waals surface area contributed by atoms with Crippen molar-refractivity contribution in [2.24, 2.45) is 0 Å². The number of nitrogens with one attached hydrogen (secondary N) is 2. The van der Waals surface area contributed by atoms with E-state index in [0.29, 0.717) is 6.54 Å². The van der Waals surface area contributed by atoms with E-state index >= 15 is 0 Å². The number of rotatable bonds is 5. The topological polar surface area (TPSA) is 66.9 Å². The Morgan fingerprint density at radius 3 is 2.60 bits per heavy atom. The molecule has 5 nitrogen and oxygen atoms in total. The van der Waals surface area contributed by atoms with Crippen LogP contribution in [0.25, 0.3) is 0 Å². The Bertz CT molecular complexity index is 581. The summed E-state index contributed by atoms with van der Waals surface area (Å²) in [6, 6.07) is 9.54. The zero-order valence-corrected chi connectivity index (χ0v) is 11.7. The Morgan fingerprint density at radius 1 is 1.15 bits per heavy atom. The van der Waals surface area contributed by atoms with E-state index in [1.807, 2.05) is 44.2 Å². The molecule has 0 bridgehead atoms. The van der Waals surface area contributed by atoms with Gasteiger partial charge in [0.15, 0.2) is 0 Å². The Kier molecular flexibility index (Phi) is 4.79. The van der Waals surface area contributed by atoms with Gasteiger partial charge in [-0.2, -0.15) is 0 Å². The molecule has 104 valence electrons. The fourth-order valence-electron chi connectivity index (χ4n) is 1.75. The summed E-state index contributed by atoms with van der Waals surface area (Å²) in [6.45, 7) is 4.64. The average molecular weight is 270 g/mol. The van der Waals surface area contributed by atoms with E-state index in [9.17, 15) is 4.79 Å². The van der Waals surface area contributed by atoms with Crippen molar-refractivity contribution in [2.75, 3.05) is 11.9 Å². The summed E-state index contributed by atoms with van der Waals surface area (Å²) in [4.78, 5) is 20.0. The number of nitrogens with zero attached hydrogens (tertiary/aromatic N) is 2. The molecule has 0 saturated carbocycles. The van der Waals surface area contributed by atoms with Gasteiger partial charge in [-0.05, 0) is 32.0 Å². The van der Waals surface area contributed by atoms with Crippen molar-refractivity contribution < 1.29 is 4.79 Å². The first-order valence-corrected chi connectivity index (χ1v) is 6.49. The first kappa shape index (κ1) is 14.1. The monoisotopic (exact) mass is 270 g/mol. The summed E-state index contributed by atoms with van der Waals surface area (Å²) < 4.78 is 0. The Labute approximate surface area is 118 Å². The fourth-order valence-corrected chi connectivity index (χ4v) is 1.75. The van der Waals surface area contributed by atoms with Crippen LogP contribution < -0.4 is 10.6 Å². The third-order valence-corrected chi connectivity index (χ3v) is 2.76. The number of hydrogen-bond acceptors (Lipinski definition) is 4. The van der Waals surface area contributed by atoms with Gasteiger partial charge in [0.2, 0.25) is 5.91 Å². The molecule has 0 atom stereocenters. The third-order valence-electron chi connectivity index (χ3n) is 2.76. The normalized spacial score (nSPS) is 10.3. The van der Waals surface area contributed by atoms with Crippen LogP contribution in [0.15, 0.2) is 36.5 Å². The quantitative estimate of drug-likeness (QED) is 0.869. The predicted octanol–water partition coefficient (Wildman–Crippen LogP) is 1.82. The van der Waals surface area contributed by atoms with Crippen LogP contribution in [0.1, 0.15) is 17.1 Å². The molecule has 1 heterocycles. The highest BCUT2D eigenvalue weighted by Crippen LogP contribution is 2.07. The third kappa shape index (κ3) is 4.44. The van der Waals surface area contributed by atoms with Crippen molar-refractivity contribution in [1.82, 2.24) is 15.3 Å². The first-order chi connectivity index (χ1) is 9.63. The maximum Gasteiger partial charge on any atom is 0.238 e. The molecule has 0 aliphatic rings. The molecule has 2 rings (SSSR count). The maximum atomic E-state index is 11.7. The van der Waals surface area contributed by atoms with Gasteiger partial charge >= 0.3 is 0 Å². The van der Waals surface area contributed by atoms with Gasteiger partial charge in [-0.3, -0.25) is 4.79 Å². The van der Waals surface area contributed by atoms with Crippen LogP contribution >= 0.6 is 0 Å². The summed E-state index contributed by atoms with van der Waals surface area (Å²) >= 11 is 0. The highest BCUT2D eigenvalue weighted by Gasteiger charge is 2.02. The second kappa shape index (κ2) is 6.77. The molecule has 5 heteroatoms. The molecule has 1 aromatic carbocycles. The van der Waals surface area contributed by atoms with Crippen LogP contribution in [0, 0.1) is 13.8 Å². The minimum absolute atomic E-state index is 0.0698. The van der Waals surface area contributed by atoms with Crippen LogP contribution in [0.4, 0.5) is 5.69 Å². The molecule has 2 N–H and O–H groups in total. The van der Waals surface area contributed by atoms with Gasteiger partial charge in [-0.15, -0.1) is 0 Å². The largest absolute Gasteiger partial charge is 0.325 e. The molecule has 0 fully saturated rings. The number of carbonyl (C=O) groups is 1. The molecule has 1 amide bonds. The van der Waals surface area contributed by atoms with Crippen LogP contribution in [-0.2, 0) is 11.3 Å². The average Bonchev–Trinajstić information content (AvgIpc) is 2.41. The molecular formula is C15H18N4O. The summed E-state index contributed by atoms with van der Waals surface area (Å²) in [5.74, 6) is 0.660. The van der Waals surface area contributed by atoms with Gasteiger partial charge in [0.25, 0.3) is 0 Å². The van der Waals surface area contributed by atoms with E-state index < -0.39 is 0 Å². The van der Waals surface area contributed by atoms with E-state index in [1.165, 1.54) is 5.56 Å². The van der Waals surface area contributed by atoms with E-state index in [1.54, 1.807) is 6.20 Å². The highest BCUT2D eigenvalue weighted by molar-refractivity contribution is 5.92. The lowest BCUT2D eigenvalue weighted by Crippen LogP contribution is -2.28. The summed E-state index contributed by atoms with van der Waals surface area (Å²) in [6.07, 6.45) is 1.71. The smallest absolute Gasteiger partial charge is 0.238 e.